The molecule has 1 unspecified atom stereocenters. The highest BCUT2D eigenvalue weighted by atomic mass is 16.5. The second kappa shape index (κ2) is 7.78. The molecule has 1 atom stereocenters. The van der Waals surface area contributed by atoms with Gasteiger partial charge in [-0.25, -0.2) is 4.98 Å². The Morgan fingerprint density at radius 2 is 2.14 bits per heavy atom. The van der Waals surface area contributed by atoms with Crippen molar-refractivity contribution in [2.75, 3.05) is 6.61 Å². The molecule has 5 heteroatoms. The zero-order chi connectivity index (χ0) is 15.1. The fraction of sp³-hybridized carbons (Fsp3) is 0.500. The maximum atomic E-state index is 6.31. The Balaban J connectivity index is 2.05. The van der Waals surface area contributed by atoms with Crippen LogP contribution in [0.4, 0.5) is 0 Å². The van der Waals surface area contributed by atoms with Crippen LogP contribution in [-0.2, 0) is 13.0 Å². The van der Waals surface area contributed by atoms with E-state index in [9.17, 15) is 0 Å². The quantitative estimate of drug-likeness (QED) is 0.811. The number of hydrogen-bond donors (Lipinski definition) is 1. The van der Waals surface area contributed by atoms with Gasteiger partial charge >= 0.3 is 0 Å². The van der Waals surface area contributed by atoms with Gasteiger partial charge in [0.25, 0.3) is 0 Å². The van der Waals surface area contributed by atoms with Crippen LogP contribution in [0.2, 0.25) is 0 Å². The van der Waals surface area contributed by atoms with Gasteiger partial charge in [-0.1, -0.05) is 26.0 Å². The molecule has 2 aromatic rings. The average molecular weight is 288 g/mol. The number of nitrogens with zero attached hydrogens (tertiary/aromatic N) is 3. The molecule has 0 amide bonds. The summed E-state index contributed by atoms with van der Waals surface area (Å²) in [7, 11) is 0. The Labute approximate surface area is 126 Å². The summed E-state index contributed by atoms with van der Waals surface area (Å²) in [5.41, 5.74) is 7.38. The van der Waals surface area contributed by atoms with E-state index in [1.165, 1.54) is 0 Å². The second-order valence-electron chi connectivity index (χ2n) is 5.13. The fourth-order valence-corrected chi connectivity index (χ4v) is 2.21. The Morgan fingerprint density at radius 3 is 2.90 bits per heavy atom. The van der Waals surface area contributed by atoms with E-state index in [1.807, 2.05) is 28.9 Å². The van der Waals surface area contributed by atoms with Crippen molar-refractivity contribution in [1.82, 2.24) is 14.8 Å². The highest BCUT2D eigenvalue weighted by Crippen LogP contribution is 2.20. The van der Waals surface area contributed by atoms with E-state index in [2.05, 4.69) is 23.9 Å². The zero-order valence-corrected chi connectivity index (χ0v) is 12.8. The standard InChI is InChI=1S/C16H24N4O/c1-3-8-20-16(18-12-19-20)11-15(17)13-6-5-7-14(10-13)21-9-4-2/h5-7,10,12,15H,3-4,8-9,11,17H2,1-2H3. The molecule has 2 N–H and O–H groups in total. The molecular weight excluding hydrogens is 264 g/mol. The Kier molecular flexibility index (Phi) is 5.75. The van der Waals surface area contributed by atoms with E-state index >= 15 is 0 Å². The normalized spacial score (nSPS) is 12.3. The predicted molar refractivity (Wildman–Crippen MR) is 83.2 cm³/mol. The van der Waals surface area contributed by atoms with Gasteiger partial charge in [0.05, 0.1) is 6.61 Å². The summed E-state index contributed by atoms with van der Waals surface area (Å²) < 4.78 is 7.58. The predicted octanol–water partition coefficient (Wildman–Crippen LogP) is 2.72. The molecular formula is C16H24N4O. The van der Waals surface area contributed by atoms with Crippen molar-refractivity contribution >= 4 is 0 Å². The minimum atomic E-state index is -0.102. The minimum Gasteiger partial charge on any atom is -0.494 e. The van der Waals surface area contributed by atoms with Gasteiger partial charge < -0.3 is 10.5 Å². The molecule has 0 radical (unpaired) electrons. The molecule has 0 aliphatic rings. The SMILES string of the molecule is CCCOc1cccc(C(N)Cc2ncnn2CCC)c1. The van der Waals surface area contributed by atoms with Crippen LogP contribution in [0.15, 0.2) is 30.6 Å². The van der Waals surface area contributed by atoms with Crippen LogP contribution in [-0.4, -0.2) is 21.4 Å². The number of rotatable bonds is 8. The van der Waals surface area contributed by atoms with Gasteiger partial charge in [-0.3, -0.25) is 4.68 Å². The highest BCUT2D eigenvalue weighted by molar-refractivity contribution is 5.30. The van der Waals surface area contributed by atoms with E-state index in [1.54, 1.807) is 6.33 Å². The van der Waals surface area contributed by atoms with Crippen LogP contribution in [0.25, 0.3) is 0 Å². The minimum absolute atomic E-state index is 0.102. The third kappa shape index (κ3) is 4.29. The molecule has 2 rings (SSSR count). The third-order valence-corrected chi connectivity index (χ3v) is 3.29. The molecule has 5 nitrogen and oxygen atoms in total. The number of benzene rings is 1. The first-order chi connectivity index (χ1) is 10.2. The van der Waals surface area contributed by atoms with E-state index in [4.69, 9.17) is 10.5 Å². The maximum Gasteiger partial charge on any atom is 0.138 e. The molecule has 1 aromatic carbocycles. The molecule has 0 aliphatic heterocycles. The summed E-state index contributed by atoms with van der Waals surface area (Å²) in [5.74, 6) is 1.81. The number of aryl methyl sites for hydroxylation is 1. The van der Waals surface area contributed by atoms with E-state index in [0.717, 1.165) is 43.1 Å². The summed E-state index contributed by atoms with van der Waals surface area (Å²) in [5, 5.41) is 4.24. The van der Waals surface area contributed by atoms with Gasteiger partial charge in [-0.15, -0.1) is 0 Å². The largest absolute Gasteiger partial charge is 0.494 e. The van der Waals surface area contributed by atoms with Gasteiger partial charge in [0.2, 0.25) is 0 Å². The molecule has 114 valence electrons. The Morgan fingerprint density at radius 1 is 1.29 bits per heavy atom. The summed E-state index contributed by atoms with van der Waals surface area (Å²) in [6.45, 7) is 5.82. The molecule has 0 spiro atoms. The summed E-state index contributed by atoms with van der Waals surface area (Å²) >= 11 is 0. The first kappa shape index (κ1) is 15.5. The monoisotopic (exact) mass is 288 g/mol. The zero-order valence-electron chi connectivity index (χ0n) is 12.8. The molecule has 0 saturated heterocycles. The lowest BCUT2D eigenvalue weighted by molar-refractivity contribution is 0.317. The van der Waals surface area contributed by atoms with Crippen molar-refractivity contribution in [3.63, 3.8) is 0 Å². The number of hydrogen-bond acceptors (Lipinski definition) is 4. The van der Waals surface area contributed by atoms with Gasteiger partial charge in [-0.05, 0) is 30.5 Å². The molecule has 0 aliphatic carbocycles. The van der Waals surface area contributed by atoms with Crippen molar-refractivity contribution < 1.29 is 4.74 Å². The highest BCUT2D eigenvalue weighted by Gasteiger charge is 2.12. The lowest BCUT2D eigenvalue weighted by Gasteiger charge is -2.14. The average Bonchev–Trinajstić information content (AvgIpc) is 2.93. The Hall–Kier alpha value is -1.88. The Bertz CT molecular complexity index is 553. The second-order valence-corrected chi connectivity index (χ2v) is 5.13. The van der Waals surface area contributed by atoms with E-state index in [-0.39, 0.29) is 6.04 Å². The summed E-state index contributed by atoms with van der Waals surface area (Å²) in [6, 6.07) is 7.89. The van der Waals surface area contributed by atoms with E-state index < -0.39 is 0 Å². The van der Waals surface area contributed by atoms with E-state index in [0.29, 0.717) is 6.42 Å². The molecule has 1 aromatic heterocycles. The van der Waals surface area contributed by atoms with Crippen LogP contribution in [0.3, 0.4) is 0 Å². The number of aromatic nitrogens is 3. The van der Waals surface area contributed by atoms with Crippen LogP contribution in [0, 0.1) is 0 Å². The number of nitrogens with two attached hydrogens (primary N) is 1. The van der Waals surface area contributed by atoms with Crippen LogP contribution in [0.5, 0.6) is 5.75 Å². The van der Waals surface area contributed by atoms with Crippen molar-refractivity contribution in [3.8, 4) is 5.75 Å². The summed E-state index contributed by atoms with van der Waals surface area (Å²) in [4.78, 5) is 4.31. The smallest absolute Gasteiger partial charge is 0.138 e. The van der Waals surface area contributed by atoms with Crippen LogP contribution >= 0.6 is 0 Å². The van der Waals surface area contributed by atoms with Crippen molar-refractivity contribution in [1.29, 1.82) is 0 Å². The first-order valence-corrected chi connectivity index (χ1v) is 7.59. The molecule has 1 heterocycles. The topological polar surface area (TPSA) is 66.0 Å². The summed E-state index contributed by atoms with van der Waals surface area (Å²) in [6.07, 6.45) is 4.30. The van der Waals surface area contributed by atoms with Crippen LogP contribution < -0.4 is 10.5 Å². The van der Waals surface area contributed by atoms with Gasteiger partial charge in [0.1, 0.15) is 17.9 Å². The van der Waals surface area contributed by atoms with Gasteiger partial charge in [0, 0.05) is 19.0 Å². The first-order valence-electron chi connectivity index (χ1n) is 7.59. The number of ether oxygens (including phenoxy) is 1. The van der Waals surface area contributed by atoms with Gasteiger partial charge in [0.15, 0.2) is 0 Å². The maximum absolute atomic E-state index is 6.31. The van der Waals surface area contributed by atoms with Gasteiger partial charge in [-0.2, -0.15) is 5.10 Å². The molecule has 0 bridgehead atoms. The molecule has 0 saturated carbocycles. The van der Waals surface area contributed by atoms with Crippen molar-refractivity contribution in [3.05, 3.63) is 42.0 Å². The third-order valence-electron chi connectivity index (χ3n) is 3.29. The fourth-order valence-electron chi connectivity index (χ4n) is 2.21. The van der Waals surface area contributed by atoms with Crippen LogP contribution in [0.1, 0.15) is 44.1 Å². The lowest BCUT2D eigenvalue weighted by atomic mass is 10.0. The molecule has 0 fully saturated rings. The lowest BCUT2D eigenvalue weighted by Crippen LogP contribution is -2.17. The van der Waals surface area contributed by atoms with Crippen molar-refractivity contribution in [2.45, 2.75) is 45.7 Å². The molecule has 21 heavy (non-hydrogen) atoms. The van der Waals surface area contributed by atoms with Crippen molar-refractivity contribution in [2.24, 2.45) is 5.73 Å².